The molecule has 17 heavy (non-hydrogen) atoms. The topological polar surface area (TPSA) is 12.0 Å². The summed E-state index contributed by atoms with van der Waals surface area (Å²) in [6.07, 6.45) is 0. The van der Waals surface area contributed by atoms with E-state index in [-0.39, 0.29) is 0 Å². The second-order valence-corrected chi connectivity index (χ2v) is 4.62. The minimum Gasteiger partial charge on any atom is -0.316 e. The van der Waals surface area contributed by atoms with Crippen molar-refractivity contribution >= 4 is 23.2 Å². The molecule has 0 atom stereocenters. The number of benzene rings is 2. The van der Waals surface area contributed by atoms with Crippen molar-refractivity contribution in [3.05, 3.63) is 58.1 Å². The van der Waals surface area contributed by atoms with Crippen LogP contribution in [0.25, 0.3) is 11.1 Å². The molecule has 3 heteroatoms. The predicted octanol–water partition coefficient (Wildman–Crippen LogP) is 4.38. The van der Waals surface area contributed by atoms with Crippen molar-refractivity contribution in [2.45, 2.75) is 6.54 Å². The third kappa shape index (κ3) is 2.81. The van der Waals surface area contributed by atoms with Crippen LogP contribution >= 0.6 is 23.2 Å². The zero-order chi connectivity index (χ0) is 12.3. The molecule has 0 aliphatic heterocycles. The highest BCUT2D eigenvalue weighted by atomic mass is 35.5. The van der Waals surface area contributed by atoms with Crippen molar-refractivity contribution in [1.29, 1.82) is 0 Å². The van der Waals surface area contributed by atoms with Crippen molar-refractivity contribution in [1.82, 2.24) is 5.32 Å². The largest absolute Gasteiger partial charge is 0.316 e. The molecule has 0 aromatic heterocycles. The summed E-state index contributed by atoms with van der Waals surface area (Å²) in [4.78, 5) is 0. The van der Waals surface area contributed by atoms with E-state index in [9.17, 15) is 0 Å². The molecule has 1 N–H and O–H groups in total. The van der Waals surface area contributed by atoms with Crippen LogP contribution < -0.4 is 5.32 Å². The Bertz CT molecular complexity index is 523. The monoisotopic (exact) mass is 265 g/mol. The van der Waals surface area contributed by atoms with Crippen molar-refractivity contribution < 1.29 is 0 Å². The first-order chi connectivity index (χ1) is 8.22. The zero-order valence-electron chi connectivity index (χ0n) is 9.50. The second kappa shape index (κ2) is 5.54. The van der Waals surface area contributed by atoms with Crippen LogP contribution in [0.15, 0.2) is 42.5 Å². The highest BCUT2D eigenvalue weighted by Gasteiger charge is 2.06. The van der Waals surface area contributed by atoms with Gasteiger partial charge in [-0.2, -0.15) is 0 Å². The van der Waals surface area contributed by atoms with Crippen molar-refractivity contribution in [2.24, 2.45) is 0 Å². The first kappa shape index (κ1) is 12.4. The van der Waals surface area contributed by atoms with E-state index in [1.54, 1.807) is 6.07 Å². The van der Waals surface area contributed by atoms with Crippen LogP contribution in [0, 0.1) is 0 Å². The SMILES string of the molecule is CNCc1cccc(-c2cccc(Cl)c2Cl)c1. The fourth-order valence-electron chi connectivity index (χ4n) is 1.78. The minimum absolute atomic E-state index is 0.586. The maximum Gasteiger partial charge on any atom is 0.0670 e. The van der Waals surface area contributed by atoms with Gasteiger partial charge in [0.05, 0.1) is 10.0 Å². The highest BCUT2D eigenvalue weighted by Crippen LogP contribution is 2.33. The summed E-state index contributed by atoms with van der Waals surface area (Å²) >= 11 is 12.2. The van der Waals surface area contributed by atoms with E-state index in [1.165, 1.54) is 5.56 Å². The molecule has 0 fully saturated rings. The molecule has 0 amide bonds. The Balaban J connectivity index is 2.45. The second-order valence-electron chi connectivity index (χ2n) is 3.83. The quantitative estimate of drug-likeness (QED) is 0.869. The first-order valence-corrected chi connectivity index (χ1v) is 6.16. The molecule has 2 rings (SSSR count). The molecule has 0 heterocycles. The summed E-state index contributed by atoms with van der Waals surface area (Å²) < 4.78 is 0. The summed E-state index contributed by atoms with van der Waals surface area (Å²) in [5.41, 5.74) is 3.28. The highest BCUT2D eigenvalue weighted by molar-refractivity contribution is 6.43. The Labute approximate surface area is 111 Å². The van der Waals surface area contributed by atoms with Crippen LogP contribution in [0.1, 0.15) is 5.56 Å². The van der Waals surface area contributed by atoms with Crippen molar-refractivity contribution in [3.8, 4) is 11.1 Å². The minimum atomic E-state index is 0.586. The molecule has 0 saturated heterocycles. The lowest BCUT2D eigenvalue weighted by atomic mass is 10.0. The molecular weight excluding hydrogens is 253 g/mol. The fraction of sp³-hybridized carbons (Fsp3) is 0.143. The normalized spacial score (nSPS) is 10.5. The van der Waals surface area contributed by atoms with Gasteiger partial charge in [-0.05, 0) is 30.3 Å². The smallest absolute Gasteiger partial charge is 0.0670 e. The standard InChI is InChI=1S/C14H13Cl2N/c1-17-9-10-4-2-5-11(8-10)12-6-3-7-13(15)14(12)16/h2-8,17H,9H2,1H3. The molecule has 0 bridgehead atoms. The number of hydrogen-bond donors (Lipinski definition) is 1. The maximum absolute atomic E-state index is 6.21. The van der Waals surface area contributed by atoms with Crippen LogP contribution in [-0.4, -0.2) is 7.05 Å². The Morgan fingerprint density at radius 3 is 2.59 bits per heavy atom. The Morgan fingerprint density at radius 2 is 1.82 bits per heavy atom. The van der Waals surface area contributed by atoms with Crippen LogP contribution in [0.5, 0.6) is 0 Å². The summed E-state index contributed by atoms with van der Waals surface area (Å²) in [7, 11) is 1.93. The lowest BCUT2D eigenvalue weighted by molar-refractivity contribution is 0.818. The fourth-order valence-corrected chi connectivity index (χ4v) is 2.19. The first-order valence-electron chi connectivity index (χ1n) is 5.40. The summed E-state index contributed by atoms with van der Waals surface area (Å²) in [5, 5.41) is 4.32. The molecule has 0 spiro atoms. The van der Waals surface area contributed by atoms with E-state index in [4.69, 9.17) is 23.2 Å². The van der Waals surface area contributed by atoms with Crippen molar-refractivity contribution in [3.63, 3.8) is 0 Å². The number of nitrogens with one attached hydrogen (secondary N) is 1. The van der Waals surface area contributed by atoms with Crippen molar-refractivity contribution in [2.75, 3.05) is 7.05 Å². The number of hydrogen-bond acceptors (Lipinski definition) is 1. The van der Waals surface area contributed by atoms with Gasteiger partial charge in [0.2, 0.25) is 0 Å². The van der Waals surface area contributed by atoms with Gasteiger partial charge in [-0.15, -0.1) is 0 Å². The van der Waals surface area contributed by atoms with E-state index in [2.05, 4.69) is 17.4 Å². The zero-order valence-corrected chi connectivity index (χ0v) is 11.0. The van der Waals surface area contributed by atoms with E-state index in [1.807, 2.05) is 31.3 Å². The van der Waals surface area contributed by atoms with Gasteiger partial charge >= 0.3 is 0 Å². The molecule has 0 aliphatic carbocycles. The van der Waals surface area contributed by atoms with E-state index < -0.39 is 0 Å². The molecule has 2 aromatic carbocycles. The molecule has 0 unspecified atom stereocenters. The molecule has 0 radical (unpaired) electrons. The molecule has 0 saturated carbocycles. The lowest BCUT2D eigenvalue weighted by Gasteiger charge is -2.08. The Hall–Kier alpha value is -1.02. The molecule has 0 aliphatic rings. The van der Waals surface area contributed by atoms with Gasteiger partial charge in [0.15, 0.2) is 0 Å². The molecule has 1 nitrogen and oxygen atoms in total. The van der Waals surface area contributed by atoms with Gasteiger partial charge in [0.25, 0.3) is 0 Å². The maximum atomic E-state index is 6.21. The van der Waals surface area contributed by atoms with Crippen LogP contribution in [0.2, 0.25) is 10.0 Å². The molecule has 2 aromatic rings. The van der Waals surface area contributed by atoms with Gasteiger partial charge < -0.3 is 5.32 Å². The predicted molar refractivity (Wildman–Crippen MR) is 74.7 cm³/mol. The third-order valence-electron chi connectivity index (χ3n) is 2.57. The van der Waals surface area contributed by atoms with E-state index in [0.29, 0.717) is 10.0 Å². The Morgan fingerprint density at radius 1 is 1.06 bits per heavy atom. The summed E-state index contributed by atoms with van der Waals surface area (Å²) in [6, 6.07) is 14.0. The van der Waals surface area contributed by atoms with E-state index >= 15 is 0 Å². The number of rotatable bonds is 3. The van der Waals surface area contributed by atoms with Gasteiger partial charge in [-0.25, -0.2) is 0 Å². The van der Waals surface area contributed by atoms with Crippen LogP contribution in [0.4, 0.5) is 0 Å². The van der Waals surface area contributed by atoms with Crippen LogP contribution in [-0.2, 0) is 6.54 Å². The van der Waals surface area contributed by atoms with Gasteiger partial charge in [0.1, 0.15) is 0 Å². The average Bonchev–Trinajstić information content (AvgIpc) is 2.33. The van der Waals surface area contributed by atoms with Gasteiger partial charge in [0, 0.05) is 12.1 Å². The average molecular weight is 266 g/mol. The van der Waals surface area contributed by atoms with Gasteiger partial charge in [-0.3, -0.25) is 0 Å². The number of halogens is 2. The summed E-state index contributed by atoms with van der Waals surface area (Å²) in [5.74, 6) is 0. The molecular formula is C14H13Cl2N. The van der Waals surface area contributed by atoms with Gasteiger partial charge in [-0.1, -0.05) is 53.5 Å². The lowest BCUT2D eigenvalue weighted by Crippen LogP contribution is -2.04. The molecule has 88 valence electrons. The Kier molecular flexibility index (Phi) is 4.06. The third-order valence-corrected chi connectivity index (χ3v) is 3.39. The summed E-state index contributed by atoms with van der Waals surface area (Å²) in [6.45, 7) is 0.839. The van der Waals surface area contributed by atoms with E-state index in [0.717, 1.165) is 17.7 Å². The van der Waals surface area contributed by atoms with Crippen LogP contribution in [0.3, 0.4) is 0 Å².